The Hall–Kier alpha value is -0.940. The third-order valence-corrected chi connectivity index (χ3v) is 5.24. The summed E-state index contributed by atoms with van der Waals surface area (Å²) in [7, 11) is 1.82. The Morgan fingerprint density at radius 2 is 2.20 bits per heavy atom. The van der Waals surface area contributed by atoms with Crippen LogP contribution >= 0.6 is 11.3 Å². The van der Waals surface area contributed by atoms with Gasteiger partial charge in [-0.1, -0.05) is 26.7 Å². The number of nitrogens with zero attached hydrogens (tertiary/aromatic N) is 2. The average Bonchev–Trinajstić information content (AvgIpc) is 2.90. The van der Waals surface area contributed by atoms with E-state index in [2.05, 4.69) is 18.8 Å². The molecule has 20 heavy (non-hydrogen) atoms. The molecule has 1 fully saturated rings. The van der Waals surface area contributed by atoms with Crippen molar-refractivity contribution in [3.05, 3.63) is 16.1 Å². The van der Waals surface area contributed by atoms with Gasteiger partial charge in [-0.25, -0.2) is 4.98 Å². The number of carbonyl (C=O) groups is 1. The Labute approximate surface area is 124 Å². The van der Waals surface area contributed by atoms with Crippen molar-refractivity contribution in [3.8, 4) is 0 Å². The Balaban J connectivity index is 1.97. The monoisotopic (exact) mass is 296 g/mol. The first kappa shape index (κ1) is 15.4. The Morgan fingerprint density at radius 3 is 2.80 bits per heavy atom. The van der Waals surface area contributed by atoms with E-state index >= 15 is 0 Å². The van der Waals surface area contributed by atoms with Crippen LogP contribution in [-0.4, -0.2) is 40.6 Å². The van der Waals surface area contributed by atoms with Gasteiger partial charge in [0.1, 0.15) is 4.88 Å². The van der Waals surface area contributed by atoms with Crippen LogP contribution in [-0.2, 0) is 0 Å². The largest absolute Gasteiger partial charge is 0.393 e. The number of aliphatic hydroxyl groups is 1. The fourth-order valence-electron chi connectivity index (χ4n) is 2.68. The smallest absolute Gasteiger partial charge is 0.265 e. The summed E-state index contributed by atoms with van der Waals surface area (Å²) in [6, 6.07) is 0. The van der Waals surface area contributed by atoms with E-state index in [1.807, 2.05) is 7.05 Å². The Morgan fingerprint density at radius 1 is 1.50 bits per heavy atom. The predicted molar refractivity (Wildman–Crippen MR) is 81.1 cm³/mol. The minimum absolute atomic E-state index is 0.0205. The zero-order valence-electron chi connectivity index (χ0n) is 12.5. The first-order valence-corrected chi connectivity index (χ1v) is 8.20. The Bertz CT molecular complexity index is 458. The number of thiazole rings is 1. The highest BCUT2D eigenvalue weighted by molar-refractivity contribution is 7.13. The van der Waals surface area contributed by atoms with Crippen LogP contribution in [0.15, 0.2) is 6.20 Å². The molecule has 0 aromatic carbocycles. The molecule has 1 amide bonds. The molecular weight excluding hydrogens is 272 g/mol. The second-order valence-electron chi connectivity index (χ2n) is 6.02. The molecule has 1 saturated carbocycles. The highest BCUT2D eigenvalue weighted by atomic mass is 32.1. The lowest BCUT2D eigenvalue weighted by Gasteiger charge is -2.31. The van der Waals surface area contributed by atoms with Gasteiger partial charge in [-0.05, 0) is 12.8 Å². The van der Waals surface area contributed by atoms with Crippen LogP contribution in [0.2, 0.25) is 0 Å². The summed E-state index contributed by atoms with van der Waals surface area (Å²) < 4.78 is 0. The molecule has 0 bridgehead atoms. The minimum Gasteiger partial charge on any atom is -0.393 e. The van der Waals surface area contributed by atoms with Gasteiger partial charge in [-0.2, -0.15) is 0 Å². The maximum atomic E-state index is 12.4. The van der Waals surface area contributed by atoms with E-state index in [9.17, 15) is 9.90 Å². The fourth-order valence-corrected chi connectivity index (χ4v) is 3.59. The van der Waals surface area contributed by atoms with Crippen molar-refractivity contribution in [2.75, 3.05) is 13.6 Å². The lowest BCUT2D eigenvalue weighted by molar-refractivity contribution is 0.0453. The molecule has 1 N–H and O–H groups in total. The quantitative estimate of drug-likeness (QED) is 0.929. The van der Waals surface area contributed by atoms with E-state index in [0.717, 1.165) is 30.7 Å². The highest BCUT2D eigenvalue weighted by Gasteiger charge is 2.26. The first-order chi connectivity index (χ1) is 9.49. The number of aliphatic hydroxyl groups excluding tert-OH is 1. The number of hydrogen-bond donors (Lipinski definition) is 1. The summed E-state index contributed by atoms with van der Waals surface area (Å²) in [6.45, 7) is 4.79. The van der Waals surface area contributed by atoms with Crippen molar-refractivity contribution >= 4 is 17.2 Å². The maximum absolute atomic E-state index is 12.4. The fraction of sp³-hybridized carbons (Fsp3) is 0.733. The summed E-state index contributed by atoms with van der Waals surface area (Å²) in [4.78, 5) is 19.1. The number of amides is 1. The van der Waals surface area contributed by atoms with Crippen LogP contribution in [0.5, 0.6) is 0 Å². The second kappa shape index (κ2) is 6.68. The average molecular weight is 296 g/mol. The van der Waals surface area contributed by atoms with E-state index in [4.69, 9.17) is 0 Å². The molecule has 1 aliphatic rings. The summed E-state index contributed by atoms with van der Waals surface area (Å²) in [6.07, 6.45) is 5.55. The van der Waals surface area contributed by atoms with Gasteiger partial charge in [-0.15, -0.1) is 11.3 Å². The third kappa shape index (κ3) is 3.58. The number of aromatic nitrogens is 1. The lowest BCUT2D eigenvalue weighted by atomic mass is 9.86. The van der Waals surface area contributed by atoms with Crippen molar-refractivity contribution in [1.29, 1.82) is 0 Å². The van der Waals surface area contributed by atoms with Crippen LogP contribution in [0.3, 0.4) is 0 Å². The van der Waals surface area contributed by atoms with Gasteiger partial charge in [0.15, 0.2) is 0 Å². The van der Waals surface area contributed by atoms with Gasteiger partial charge < -0.3 is 10.0 Å². The molecule has 1 heterocycles. The normalized spacial score (nSPS) is 23.1. The molecule has 2 rings (SSSR count). The molecule has 2 atom stereocenters. The Kier molecular flexibility index (Phi) is 5.16. The predicted octanol–water partition coefficient (Wildman–Crippen LogP) is 2.89. The topological polar surface area (TPSA) is 53.4 Å². The molecule has 0 radical (unpaired) electrons. The summed E-state index contributed by atoms with van der Waals surface area (Å²) in [5.41, 5.74) is 0. The minimum atomic E-state index is -0.258. The zero-order valence-corrected chi connectivity index (χ0v) is 13.3. The highest BCUT2D eigenvalue weighted by Crippen LogP contribution is 2.26. The molecule has 0 aliphatic heterocycles. The van der Waals surface area contributed by atoms with Crippen LogP contribution in [0, 0.1) is 5.92 Å². The number of rotatable bonds is 4. The number of carbonyl (C=O) groups excluding carboxylic acids is 1. The molecule has 1 aliphatic carbocycles. The SMILES string of the molecule is CC(C)c1ncc(C(=O)N(C)CC2CCCCC2O)s1. The van der Waals surface area contributed by atoms with Crippen LogP contribution in [0.1, 0.15) is 60.1 Å². The van der Waals surface area contributed by atoms with Gasteiger partial charge in [-0.3, -0.25) is 4.79 Å². The van der Waals surface area contributed by atoms with Crippen molar-refractivity contribution in [1.82, 2.24) is 9.88 Å². The van der Waals surface area contributed by atoms with Crippen molar-refractivity contribution in [2.24, 2.45) is 5.92 Å². The molecule has 0 spiro atoms. The van der Waals surface area contributed by atoms with Gasteiger partial charge in [0, 0.05) is 25.4 Å². The van der Waals surface area contributed by atoms with E-state index in [0.29, 0.717) is 17.3 Å². The van der Waals surface area contributed by atoms with E-state index < -0.39 is 0 Å². The van der Waals surface area contributed by atoms with Crippen LogP contribution in [0.4, 0.5) is 0 Å². The molecule has 2 unspecified atom stereocenters. The lowest BCUT2D eigenvalue weighted by Crippen LogP contribution is -2.37. The summed E-state index contributed by atoms with van der Waals surface area (Å²) in [5, 5.41) is 11.0. The van der Waals surface area contributed by atoms with Crippen molar-refractivity contribution in [3.63, 3.8) is 0 Å². The summed E-state index contributed by atoms with van der Waals surface area (Å²) in [5.74, 6) is 0.592. The molecular formula is C15H24N2O2S. The van der Waals surface area contributed by atoms with E-state index in [-0.39, 0.29) is 17.9 Å². The number of hydrogen-bond acceptors (Lipinski definition) is 4. The summed E-state index contributed by atoms with van der Waals surface area (Å²) >= 11 is 1.48. The van der Waals surface area contributed by atoms with E-state index in [1.54, 1.807) is 11.1 Å². The molecule has 1 aromatic rings. The maximum Gasteiger partial charge on any atom is 0.265 e. The van der Waals surface area contributed by atoms with Crippen LogP contribution < -0.4 is 0 Å². The molecule has 5 heteroatoms. The van der Waals surface area contributed by atoms with E-state index in [1.165, 1.54) is 11.3 Å². The van der Waals surface area contributed by atoms with Crippen molar-refractivity contribution in [2.45, 2.75) is 51.6 Å². The third-order valence-electron chi connectivity index (χ3n) is 3.95. The molecule has 4 nitrogen and oxygen atoms in total. The second-order valence-corrected chi connectivity index (χ2v) is 7.08. The standard InChI is InChI=1S/C15H24N2O2S/c1-10(2)14-16-8-13(20-14)15(19)17(3)9-11-6-4-5-7-12(11)18/h8,10-12,18H,4-7,9H2,1-3H3. The molecule has 0 saturated heterocycles. The van der Waals surface area contributed by atoms with Crippen molar-refractivity contribution < 1.29 is 9.90 Å². The van der Waals surface area contributed by atoms with Gasteiger partial charge in [0.2, 0.25) is 0 Å². The molecule has 1 aromatic heterocycles. The zero-order chi connectivity index (χ0) is 14.7. The molecule has 112 valence electrons. The van der Waals surface area contributed by atoms with Gasteiger partial charge in [0.25, 0.3) is 5.91 Å². The first-order valence-electron chi connectivity index (χ1n) is 7.38. The van der Waals surface area contributed by atoms with Gasteiger partial charge in [0.05, 0.1) is 17.3 Å². The van der Waals surface area contributed by atoms with Gasteiger partial charge >= 0.3 is 0 Å². The van der Waals surface area contributed by atoms with Crippen LogP contribution in [0.25, 0.3) is 0 Å².